The summed E-state index contributed by atoms with van der Waals surface area (Å²) >= 11 is 0. The first kappa shape index (κ1) is 12.0. The van der Waals surface area contributed by atoms with Gasteiger partial charge in [0.1, 0.15) is 0 Å². The van der Waals surface area contributed by atoms with Crippen LogP contribution in [0, 0.1) is 5.92 Å². The standard InChI is InChI=1S/C11H23NO2/c1-13-8-3-2-6-12-7-4-11-5-9-14-10-11/h11-12H,2-10H2,1H3. The Morgan fingerprint density at radius 2 is 2.29 bits per heavy atom. The largest absolute Gasteiger partial charge is 0.385 e. The van der Waals surface area contributed by atoms with Crippen molar-refractivity contribution in [1.82, 2.24) is 5.32 Å². The maximum atomic E-state index is 5.32. The topological polar surface area (TPSA) is 30.5 Å². The van der Waals surface area contributed by atoms with Gasteiger partial charge in [-0.15, -0.1) is 0 Å². The number of rotatable bonds is 8. The average molecular weight is 201 g/mol. The third kappa shape index (κ3) is 5.58. The maximum Gasteiger partial charge on any atom is 0.0495 e. The summed E-state index contributed by atoms with van der Waals surface area (Å²) in [5.74, 6) is 0.807. The Morgan fingerprint density at radius 1 is 1.36 bits per heavy atom. The van der Waals surface area contributed by atoms with Crippen LogP contribution in [-0.2, 0) is 9.47 Å². The number of hydrogen-bond acceptors (Lipinski definition) is 3. The van der Waals surface area contributed by atoms with Gasteiger partial charge in [0.2, 0.25) is 0 Å². The SMILES string of the molecule is COCCCCNCCC1CCOC1. The summed E-state index contributed by atoms with van der Waals surface area (Å²) in [5.41, 5.74) is 0. The second-order valence-electron chi connectivity index (χ2n) is 3.97. The van der Waals surface area contributed by atoms with Gasteiger partial charge in [-0.2, -0.15) is 0 Å². The van der Waals surface area contributed by atoms with E-state index in [1.807, 2.05) is 0 Å². The molecule has 0 aromatic carbocycles. The van der Waals surface area contributed by atoms with Crippen LogP contribution < -0.4 is 5.32 Å². The number of methoxy groups -OCH3 is 1. The van der Waals surface area contributed by atoms with Gasteiger partial charge in [-0.3, -0.25) is 0 Å². The van der Waals surface area contributed by atoms with Gasteiger partial charge >= 0.3 is 0 Å². The van der Waals surface area contributed by atoms with E-state index in [0.29, 0.717) is 0 Å². The highest BCUT2D eigenvalue weighted by Crippen LogP contribution is 2.14. The van der Waals surface area contributed by atoms with Crippen molar-refractivity contribution in [2.24, 2.45) is 5.92 Å². The molecule has 0 bridgehead atoms. The lowest BCUT2D eigenvalue weighted by molar-refractivity contribution is 0.184. The minimum atomic E-state index is 0.807. The molecular formula is C11H23NO2. The molecule has 3 nitrogen and oxygen atoms in total. The number of nitrogens with one attached hydrogen (secondary N) is 1. The predicted molar refractivity (Wildman–Crippen MR) is 57.5 cm³/mol. The summed E-state index contributed by atoms with van der Waals surface area (Å²) in [5, 5.41) is 3.46. The molecule has 0 aromatic heterocycles. The van der Waals surface area contributed by atoms with E-state index in [-0.39, 0.29) is 0 Å². The Labute approximate surface area is 87.2 Å². The Kier molecular flexibility index (Phi) is 7.01. The van der Waals surface area contributed by atoms with Crippen molar-refractivity contribution in [3.8, 4) is 0 Å². The monoisotopic (exact) mass is 201 g/mol. The van der Waals surface area contributed by atoms with Crippen LogP contribution >= 0.6 is 0 Å². The highest BCUT2D eigenvalue weighted by atomic mass is 16.5. The van der Waals surface area contributed by atoms with E-state index in [4.69, 9.17) is 9.47 Å². The van der Waals surface area contributed by atoms with Crippen LogP contribution in [0.15, 0.2) is 0 Å². The fourth-order valence-corrected chi connectivity index (χ4v) is 1.74. The van der Waals surface area contributed by atoms with Gasteiger partial charge in [0.05, 0.1) is 0 Å². The van der Waals surface area contributed by atoms with E-state index < -0.39 is 0 Å². The zero-order chi connectivity index (χ0) is 10.1. The van der Waals surface area contributed by atoms with Crippen molar-refractivity contribution < 1.29 is 9.47 Å². The van der Waals surface area contributed by atoms with Gasteiger partial charge in [0.15, 0.2) is 0 Å². The summed E-state index contributed by atoms with van der Waals surface area (Å²) in [4.78, 5) is 0. The molecule has 0 spiro atoms. The first-order valence-electron chi connectivity index (χ1n) is 5.71. The van der Waals surface area contributed by atoms with Gasteiger partial charge < -0.3 is 14.8 Å². The van der Waals surface area contributed by atoms with E-state index in [1.165, 1.54) is 19.3 Å². The fraction of sp³-hybridized carbons (Fsp3) is 1.00. The van der Waals surface area contributed by atoms with Gasteiger partial charge in [-0.25, -0.2) is 0 Å². The molecule has 0 saturated carbocycles. The predicted octanol–water partition coefficient (Wildman–Crippen LogP) is 1.43. The third-order valence-electron chi connectivity index (χ3n) is 2.71. The Balaban J connectivity index is 1.75. The second kappa shape index (κ2) is 8.21. The maximum absolute atomic E-state index is 5.32. The summed E-state index contributed by atoms with van der Waals surface area (Å²) in [6.45, 7) is 5.10. The molecule has 1 aliphatic heterocycles. The van der Waals surface area contributed by atoms with Crippen molar-refractivity contribution in [2.45, 2.75) is 25.7 Å². The molecule has 1 fully saturated rings. The molecule has 1 rings (SSSR count). The average Bonchev–Trinajstić information content (AvgIpc) is 2.69. The molecule has 84 valence electrons. The van der Waals surface area contributed by atoms with Crippen molar-refractivity contribution in [2.75, 3.05) is 40.0 Å². The van der Waals surface area contributed by atoms with Crippen LogP contribution in [-0.4, -0.2) is 40.0 Å². The molecule has 3 heteroatoms. The van der Waals surface area contributed by atoms with Gasteiger partial charge in [0.25, 0.3) is 0 Å². The quantitative estimate of drug-likeness (QED) is 0.603. The van der Waals surface area contributed by atoms with E-state index in [2.05, 4.69) is 5.32 Å². The third-order valence-corrected chi connectivity index (χ3v) is 2.71. The lowest BCUT2D eigenvalue weighted by atomic mass is 10.1. The second-order valence-corrected chi connectivity index (χ2v) is 3.97. The highest BCUT2D eigenvalue weighted by Gasteiger charge is 2.14. The summed E-state index contributed by atoms with van der Waals surface area (Å²) < 4.78 is 10.3. The molecule has 0 aromatic rings. The molecular weight excluding hydrogens is 178 g/mol. The zero-order valence-corrected chi connectivity index (χ0v) is 9.26. The molecule has 1 N–H and O–H groups in total. The van der Waals surface area contributed by atoms with Crippen molar-refractivity contribution in [1.29, 1.82) is 0 Å². The molecule has 0 amide bonds. The molecule has 0 radical (unpaired) electrons. The van der Waals surface area contributed by atoms with Crippen LogP contribution in [0.4, 0.5) is 0 Å². The molecule has 1 aliphatic rings. The molecule has 1 atom stereocenters. The lowest BCUT2D eigenvalue weighted by Crippen LogP contribution is -2.19. The number of hydrogen-bond donors (Lipinski definition) is 1. The Bertz CT molecular complexity index is 124. The summed E-state index contributed by atoms with van der Waals surface area (Å²) in [6.07, 6.45) is 4.90. The minimum absolute atomic E-state index is 0.807. The van der Waals surface area contributed by atoms with E-state index in [9.17, 15) is 0 Å². The first-order chi connectivity index (χ1) is 6.93. The molecule has 1 heterocycles. The fourth-order valence-electron chi connectivity index (χ4n) is 1.74. The normalized spacial score (nSPS) is 21.6. The lowest BCUT2D eigenvalue weighted by Gasteiger charge is -2.08. The van der Waals surface area contributed by atoms with Crippen LogP contribution in [0.3, 0.4) is 0 Å². The van der Waals surface area contributed by atoms with E-state index >= 15 is 0 Å². The van der Waals surface area contributed by atoms with Crippen LogP contribution in [0.5, 0.6) is 0 Å². The van der Waals surface area contributed by atoms with Crippen LogP contribution in [0.1, 0.15) is 25.7 Å². The molecule has 1 unspecified atom stereocenters. The smallest absolute Gasteiger partial charge is 0.0495 e. The Hall–Kier alpha value is -0.120. The zero-order valence-electron chi connectivity index (χ0n) is 9.26. The van der Waals surface area contributed by atoms with Crippen molar-refractivity contribution in [3.05, 3.63) is 0 Å². The van der Waals surface area contributed by atoms with E-state index in [1.54, 1.807) is 7.11 Å². The number of ether oxygens (including phenoxy) is 2. The van der Waals surface area contributed by atoms with Gasteiger partial charge in [-0.05, 0) is 44.7 Å². The van der Waals surface area contributed by atoms with Crippen molar-refractivity contribution >= 4 is 0 Å². The summed E-state index contributed by atoms with van der Waals surface area (Å²) in [6, 6.07) is 0. The number of unbranched alkanes of at least 4 members (excludes halogenated alkanes) is 1. The van der Waals surface area contributed by atoms with Crippen LogP contribution in [0.2, 0.25) is 0 Å². The molecule has 14 heavy (non-hydrogen) atoms. The van der Waals surface area contributed by atoms with Crippen LogP contribution in [0.25, 0.3) is 0 Å². The summed E-state index contributed by atoms with van der Waals surface area (Å²) in [7, 11) is 1.76. The van der Waals surface area contributed by atoms with Crippen molar-refractivity contribution in [3.63, 3.8) is 0 Å². The highest BCUT2D eigenvalue weighted by molar-refractivity contribution is 4.65. The van der Waals surface area contributed by atoms with Gasteiger partial charge in [-0.1, -0.05) is 0 Å². The first-order valence-corrected chi connectivity index (χ1v) is 5.71. The Morgan fingerprint density at radius 3 is 3.00 bits per heavy atom. The molecule has 0 aliphatic carbocycles. The minimum Gasteiger partial charge on any atom is -0.385 e. The van der Waals surface area contributed by atoms with Gasteiger partial charge in [0, 0.05) is 26.9 Å². The molecule has 1 saturated heterocycles. The van der Waals surface area contributed by atoms with E-state index in [0.717, 1.165) is 45.2 Å².